The number of anilines is 1. The number of hydrogen-bond donors (Lipinski definition) is 2. The Morgan fingerprint density at radius 2 is 2.03 bits per heavy atom. The SMILES string of the molecule is CCN(C)[C@H]1CCCC[C@@H]1Nc1cc(F)c(S(=O)(=O)Cc2nc(C)cs2)cc1Cl.O=CO. The number of hydrogen-bond acceptors (Lipinski definition) is 7. The van der Waals surface area contributed by atoms with Gasteiger partial charge in [0.1, 0.15) is 21.5 Å². The second kappa shape index (κ2) is 11.9. The molecular weight excluding hydrogens is 477 g/mol. The highest BCUT2D eigenvalue weighted by Crippen LogP contribution is 2.33. The Kier molecular flexibility index (Phi) is 9.87. The summed E-state index contributed by atoms with van der Waals surface area (Å²) < 4.78 is 40.2. The van der Waals surface area contributed by atoms with Gasteiger partial charge in [0.05, 0.1) is 10.7 Å². The number of carboxylic acid groups (broad SMARTS) is 1. The van der Waals surface area contributed by atoms with Crippen LogP contribution in [-0.4, -0.2) is 55.6 Å². The van der Waals surface area contributed by atoms with E-state index in [1.165, 1.54) is 29.9 Å². The van der Waals surface area contributed by atoms with E-state index in [-0.39, 0.29) is 28.2 Å². The highest BCUT2D eigenvalue weighted by atomic mass is 35.5. The van der Waals surface area contributed by atoms with Crippen LogP contribution >= 0.6 is 22.9 Å². The minimum atomic E-state index is -3.88. The second-order valence-electron chi connectivity index (χ2n) is 7.69. The number of thiazole rings is 1. The van der Waals surface area contributed by atoms with Crippen molar-refractivity contribution in [1.29, 1.82) is 0 Å². The van der Waals surface area contributed by atoms with Gasteiger partial charge in [-0.05, 0) is 45.5 Å². The van der Waals surface area contributed by atoms with Gasteiger partial charge in [-0.2, -0.15) is 0 Å². The molecule has 11 heteroatoms. The Hall–Kier alpha value is -1.75. The zero-order valence-corrected chi connectivity index (χ0v) is 20.7. The Bertz CT molecular complexity index is 1020. The third kappa shape index (κ3) is 6.87. The van der Waals surface area contributed by atoms with Crippen LogP contribution < -0.4 is 5.32 Å². The van der Waals surface area contributed by atoms with Gasteiger partial charge in [-0.3, -0.25) is 4.79 Å². The van der Waals surface area contributed by atoms with Crippen LogP contribution in [0.4, 0.5) is 10.1 Å². The molecule has 1 aromatic heterocycles. The van der Waals surface area contributed by atoms with Crippen molar-refractivity contribution in [2.75, 3.05) is 18.9 Å². The Labute approximate surface area is 197 Å². The van der Waals surface area contributed by atoms with Gasteiger partial charge in [0, 0.05) is 23.2 Å². The normalized spacial score (nSPS) is 18.7. The van der Waals surface area contributed by atoms with Crippen LogP contribution in [0.25, 0.3) is 0 Å². The average molecular weight is 506 g/mol. The maximum atomic E-state index is 14.8. The molecule has 0 aliphatic heterocycles. The van der Waals surface area contributed by atoms with E-state index in [0.717, 1.165) is 31.5 Å². The number of aromatic nitrogens is 1. The molecule has 2 N–H and O–H groups in total. The number of nitrogens with zero attached hydrogens (tertiary/aromatic N) is 2. The zero-order chi connectivity index (χ0) is 23.9. The van der Waals surface area contributed by atoms with E-state index in [4.69, 9.17) is 21.5 Å². The summed E-state index contributed by atoms with van der Waals surface area (Å²) in [6, 6.07) is 2.91. The van der Waals surface area contributed by atoms with Crippen molar-refractivity contribution in [2.45, 2.75) is 62.3 Å². The van der Waals surface area contributed by atoms with Gasteiger partial charge in [0.2, 0.25) is 0 Å². The highest BCUT2D eigenvalue weighted by molar-refractivity contribution is 7.90. The Morgan fingerprint density at radius 1 is 1.38 bits per heavy atom. The van der Waals surface area contributed by atoms with Gasteiger partial charge in [-0.25, -0.2) is 17.8 Å². The van der Waals surface area contributed by atoms with Crippen LogP contribution in [0.3, 0.4) is 0 Å². The fraction of sp³-hybridized carbons (Fsp3) is 0.524. The molecule has 3 rings (SSSR count). The molecule has 7 nitrogen and oxygen atoms in total. The summed E-state index contributed by atoms with van der Waals surface area (Å²) in [5.74, 6) is -1.13. The minimum Gasteiger partial charge on any atom is -0.483 e. The summed E-state index contributed by atoms with van der Waals surface area (Å²) in [7, 11) is -1.79. The van der Waals surface area contributed by atoms with Gasteiger partial charge in [0.15, 0.2) is 9.84 Å². The lowest BCUT2D eigenvalue weighted by molar-refractivity contribution is -0.122. The standard InChI is InChI=1S/C20H27ClFN3O2S2.CH2O2/c1-4-25(3)18-8-6-5-7-16(18)24-17-10-15(22)19(9-14(17)21)29(26,27)12-20-23-13(2)11-28-20;2-1-3/h9-11,16,18,24H,4-8,12H2,1-3H3;1H,(H,2,3)/t16-,18-;/m0./s1. The fourth-order valence-corrected chi connectivity index (χ4v) is 6.60. The summed E-state index contributed by atoms with van der Waals surface area (Å²) in [5.41, 5.74) is 1.19. The van der Waals surface area contributed by atoms with Crippen molar-refractivity contribution in [3.63, 3.8) is 0 Å². The molecule has 1 aromatic carbocycles. The molecule has 0 saturated heterocycles. The van der Waals surface area contributed by atoms with Gasteiger partial charge in [-0.15, -0.1) is 11.3 Å². The van der Waals surface area contributed by atoms with Gasteiger partial charge in [0.25, 0.3) is 6.47 Å². The molecule has 1 saturated carbocycles. The van der Waals surface area contributed by atoms with E-state index in [9.17, 15) is 12.8 Å². The van der Waals surface area contributed by atoms with E-state index >= 15 is 0 Å². The van der Waals surface area contributed by atoms with Crippen LogP contribution in [0, 0.1) is 12.7 Å². The van der Waals surface area contributed by atoms with Gasteiger partial charge >= 0.3 is 0 Å². The lowest BCUT2D eigenvalue weighted by Gasteiger charge is -2.38. The fourth-order valence-electron chi connectivity index (χ4n) is 3.83. The van der Waals surface area contributed by atoms with Gasteiger partial charge < -0.3 is 15.3 Å². The molecule has 1 heterocycles. The first-order chi connectivity index (χ1) is 15.1. The van der Waals surface area contributed by atoms with E-state index < -0.39 is 15.7 Å². The number of nitrogens with one attached hydrogen (secondary N) is 1. The molecule has 0 bridgehead atoms. The minimum absolute atomic E-state index is 0.145. The molecule has 1 aliphatic rings. The molecule has 2 aromatic rings. The molecule has 178 valence electrons. The summed E-state index contributed by atoms with van der Waals surface area (Å²) in [4.78, 5) is 14.4. The number of aryl methyl sites for hydroxylation is 1. The van der Waals surface area contributed by atoms with E-state index in [2.05, 4.69) is 29.2 Å². The van der Waals surface area contributed by atoms with Crippen LogP contribution in [0.2, 0.25) is 5.02 Å². The van der Waals surface area contributed by atoms with Gasteiger partial charge in [-0.1, -0.05) is 31.4 Å². The van der Waals surface area contributed by atoms with Crippen LogP contribution in [0.1, 0.15) is 43.3 Å². The topological polar surface area (TPSA) is 99.6 Å². The molecule has 32 heavy (non-hydrogen) atoms. The smallest absolute Gasteiger partial charge is 0.290 e. The maximum Gasteiger partial charge on any atom is 0.290 e. The predicted molar refractivity (Wildman–Crippen MR) is 126 cm³/mol. The van der Waals surface area contributed by atoms with Crippen molar-refractivity contribution < 1.29 is 22.7 Å². The molecule has 0 unspecified atom stereocenters. The molecule has 0 spiro atoms. The average Bonchev–Trinajstić information content (AvgIpc) is 3.14. The number of sulfone groups is 1. The summed E-state index contributed by atoms with van der Waals surface area (Å²) >= 11 is 7.62. The number of benzene rings is 1. The van der Waals surface area contributed by atoms with E-state index in [1.807, 2.05) is 0 Å². The zero-order valence-electron chi connectivity index (χ0n) is 18.3. The third-order valence-corrected chi connectivity index (χ3v) is 8.57. The van der Waals surface area contributed by atoms with Crippen molar-refractivity contribution in [3.8, 4) is 0 Å². The molecule has 0 radical (unpaired) electrons. The summed E-state index contributed by atoms with van der Waals surface area (Å²) in [5, 5.41) is 12.7. The third-order valence-electron chi connectivity index (χ3n) is 5.47. The number of rotatable bonds is 7. The first-order valence-corrected chi connectivity index (χ1v) is 13.2. The van der Waals surface area contributed by atoms with E-state index in [1.54, 1.807) is 12.3 Å². The van der Waals surface area contributed by atoms with Crippen LogP contribution in [0.5, 0.6) is 0 Å². The van der Waals surface area contributed by atoms with Crippen molar-refractivity contribution in [2.24, 2.45) is 0 Å². The highest BCUT2D eigenvalue weighted by Gasteiger charge is 2.29. The van der Waals surface area contributed by atoms with Crippen LogP contribution in [-0.2, 0) is 20.4 Å². The van der Waals surface area contributed by atoms with Crippen molar-refractivity contribution in [1.82, 2.24) is 9.88 Å². The van der Waals surface area contributed by atoms with Crippen LogP contribution in [0.15, 0.2) is 22.4 Å². The summed E-state index contributed by atoms with van der Waals surface area (Å²) in [6.45, 7) is 4.58. The quantitative estimate of drug-likeness (QED) is 0.530. The largest absolute Gasteiger partial charge is 0.483 e. The molecule has 0 amide bonds. The van der Waals surface area contributed by atoms with Crippen molar-refractivity contribution in [3.05, 3.63) is 39.1 Å². The monoisotopic (exact) mass is 505 g/mol. The number of likely N-dealkylation sites (N-methyl/N-ethyl adjacent to an activating group) is 1. The molecular formula is C21H29ClFN3O4S2. The van der Waals surface area contributed by atoms with Crippen molar-refractivity contribution >= 4 is 44.9 Å². The molecule has 1 fully saturated rings. The first kappa shape index (κ1) is 26.5. The molecule has 1 aliphatic carbocycles. The second-order valence-corrected chi connectivity index (χ2v) is 11.0. The predicted octanol–water partition coefficient (Wildman–Crippen LogP) is 4.59. The molecule has 2 atom stereocenters. The lowest BCUT2D eigenvalue weighted by atomic mass is 9.89. The number of carbonyl (C=O) groups is 1. The summed E-state index contributed by atoms with van der Waals surface area (Å²) in [6.07, 6.45) is 4.31. The number of halogens is 2. The van der Waals surface area contributed by atoms with E-state index in [0.29, 0.717) is 16.7 Å². The Balaban J connectivity index is 0.00000114. The lowest BCUT2D eigenvalue weighted by Crippen LogP contribution is -2.47. The Morgan fingerprint density at radius 3 is 2.62 bits per heavy atom. The first-order valence-electron chi connectivity index (χ1n) is 10.3. The maximum absolute atomic E-state index is 14.8.